The molecule has 40 nitrogen and oxygen atoms in total. The van der Waals surface area contributed by atoms with Crippen LogP contribution in [0.3, 0.4) is 0 Å². The van der Waals surface area contributed by atoms with Crippen LogP contribution in [0.1, 0.15) is 0 Å². The van der Waals surface area contributed by atoms with Gasteiger partial charge in [-0.15, -0.1) is 0 Å². The van der Waals surface area contributed by atoms with Crippen molar-refractivity contribution < 1.29 is 196 Å². The quantitative estimate of drug-likeness (QED) is 0.0729. The molecular formula is C64H64O40. The first-order valence-corrected chi connectivity index (χ1v) is 31.2. The number of ether oxygens (including phenoxy) is 8. The summed E-state index contributed by atoms with van der Waals surface area (Å²) in [5.74, 6) is -32.7. The highest BCUT2D eigenvalue weighted by Crippen LogP contribution is 2.46. The molecule has 16 aliphatic heterocycles. The highest BCUT2D eigenvalue weighted by molar-refractivity contribution is 5.88. The van der Waals surface area contributed by atoms with Crippen molar-refractivity contribution in [3.63, 3.8) is 0 Å². The number of aliphatic carboxylic acids is 16. The second-order valence-electron chi connectivity index (χ2n) is 25.4. The Bertz CT molecular complexity index is 2860. The van der Waals surface area contributed by atoms with Crippen LogP contribution in [0.5, 0.6) is 0 Å². The Morgan fingerprint density at radius 3 is 0.212 bits per heavy atom. The van der Waals surface area contributed by atoms with Crippen LogP contribution in [-0.2, 0) is 115 Å². The number of hydrogen-bond donors (Lipinski definition) is 16. The van der Waals surface area contributed by atoms with Gasteiger partial charge in [-0.3, -0.25) is 76.7 Å². The van der Waals surface area contributed by atoms with Gasteiger partial charge in [0.15, 0.2) is 0 Å². The minimum Gasteiger partial charge on any atom is -0.481 e. The van der Waals surface area contributed by atoms with Crippen molar-refractivity contribution >= 4 is 95.5 Å². The van der Waals surface area contributed by atoms with Crippen LogP contribution < -0.4 is 0 Å². The second kappa shape index (κ2) is 31.0. The normalized spacial score (nSPS) is 40.9. The molecule has 32 atom stereocenters. The van der Waals surface area contributed by atoms with Crippen LogP contribution >= 0.6 is 0 Å². The fraction of sp³-hybridized carbons (Fsp3) is 0.500. The third-order valence-electron chi connectivity index (χ3n) is 19.8. The van der Waals surface area contributed by atoms with Crippen molar-refractivity contribution in [2.75, 3.05) is 0 Å². The Labute approximate surface area is 579 Å². The van der Waals surface area contributed by atoms with Crippen LogP contribution in [0.2, 0.25) is 0 Å². The summed E-state index contributed by atoms with van der Waals surface area (Å²) in [5, 5.41) is 140. The van der Waals surface area contributed by atoms with E-state index in [1.54, 1.807) is 97.2 Å². The first-order valence-electron chi connectivity index (χ1n) is 31.2. The number of carboxylic acids is 16. The van der Waals surface area contributed by atoms with Gasteiger partial charge in [-0.2, -0.15) is 0 Å². The zero-order valence-corrected chi connectivity index (χ0v) is 52.7. The third kappa shape index (κ3) is 15.1. The lowest BCUT2D eigenvalue weighted by Gasteiger charge is -2.16. The van der Waals surface area contributed by atoms with E-state index in [-0.39, 0.29) is 0 Å². The summed E-state index contributed by atoms with van der Waals surface area (Å²) >= 11 is 0. The molecule has 0 unspecified atom stereocenters. The number of fused-ring (bicyclic) bond motifs is 16. The van der Waals surface area contributed by atoms with Crippen molar-refractivity contribution in [2.24, 2.45) is 94.7 Å². The highest BCUT2D eigenvalue weighted by Gasteiger charge is 2.60. The highest BCUT2D eigenvalue weighted by atomic mass is 16.6. The Hall–Kier alpha value is -10.9. The smallest absolute Gasteiger partial charge is 0.310 e. The van der Waals surface area contributed by atoms with Gasteiger partial charge in [0.05, 0.1) is 97.7 Å². The summed E-state index contributed by atoms with van der Waals surface area (Å²) in [7, 11) is 0. The van der Waals surface area contributed by atoms with Gasteiger partial charge in [-0.25, -0.2) is 0 Å². The molecule has 0 aliphatic carbocycles. The maximum atomic E-state index is 10.7. The van der Waals surface area contributed by atoms with Crippen molar-refractivity contribution in [3.8, 4) is 0 Å². The Balaban J connectivity index is 0.000000138. The van der Waals surface area contributed by atoms with Gasteiger partial charge in [-0.05, 0) is 0 Å². The molecule has 560 valence electrons. The molecule has 0 amide bonds. The summed E-state index contributed by atoms with van der Waals surface area (Å²) < 4.78 is 41.2. The van der Waals surface area contributed by atoms with E-state index in [0.717, 1.165) is 0 Å². The molecule has 16 aliphatic rings. The molecule has 0 aromatic rings. The Morgan fingerprint density at radius 2 is 0.173 bits per heavy atom. The third-order valence-corrected chi connectivity index (χ3v) is 19.8. The summed E-state index contributed by atoms with van der Waals surface area (Å²) in [6.45, 7) is 0. The molecule has 16 N–H and O–H groups in total. The lowest BCUT2D eigenvalue weighted by atomic mass is 9.83. The fourth-order valence-corrected chi connectivity index (χ4v) is 15.2. The van der Waals surface area contributed by atoms with Crippen molar-refractivity contribution in [1.29, 1.82) is 0 Å². The van der Waals surface area contributed by atoms with Gasteiger partial charge in [0, 0.05) is 0 Å². The first kappa shape index (κ1) is 77.3. The first-order chi connectivity index (χ1) is 48.9. The predicted octanol–water partition coefficient (Wildman–Crippen LogP) is -2.20. The average molecular weight is 1470 g/mol. The van der Waals surface area contributed by atoms with Gasteiger partial charge >= 0.3 is 95.5 Å². The number of rotatable bonds is 16. The summed E-state index contributed by atoms with van der Waals surface area (Å²) in [4.78, 5) is 172. The lowest BCUT2D eigenvalue weighted by Crippen LogP contribution is -2.36. The monoisotopic (exact) mass is 1470 g/mol. The summed E-state index contributed by atoms with van der Waals surface area (Å²) in [5.41, 5.74) is 0. The molecule has 8 fully saturated rings. The van der Waals surface area contributed by atoms with E-state index >= 15 is 0 Å². The zero-order chi connectivity index (χ0) is 76.7. The second-order valence-corrected chi connectivity index (χ2v) is 25.4. The van der Waals surface area contributed by atoms with E-state index in [1.807, 2.05) is 0 Å². The van der Waals surface area contributed by atoms with E-state index in [0.29, 0.717) is 0 Å². The van der Waals surface area contributed by atoms with Gasteiger partial charge in [0.1, 0.15) is 94.7 Å². The molecule has 16 heterocycles. The summed E-state index contributed by atoms with van der Waals surface area (Å²) in [6, 6.07) is 0. The van der Waals surface area contributed by atoms with Gasteiger partial charge in [-0.1, -0.05) is 97.2 Å². The van der Waals surface area contributed by atoms with E-state index in [1.165, 1.54) is 0 Å². The van der Waals surface area contributed by atoms with Crippen molar-refractivity contribution in [3.05, 3.63) is 97.2 Å². The van der Waals surface area contributed by atoms with Gasteiger partial charge < -0.3 is 120 Å². The number of carbonyl (C=O) groups is 16. The van der Waals surface area contributed by atoms with Crippen LogP contribution in [0, 0.1) is 94.7 Å². The SMILES string of the molecule is O=C(O)[C@@H]1[C@H](C(=O)O)[C@H]2C=C[C@@H]1O2.O=C(O)[C@@H]1[C@H](C(=O)O)[C@H]2C=C[C@@H]1O2.O=C(O)[C@@H]1[C@H](C(=O)O)[C@H]2C=C[C@@H]1O2.O=C(O)[C@@H]1[C@H](C(=O)O)[C@H]2C=C[C@@H]1O2.O=C(O)[C@@H]1[C@H](C(=O)O)[C@H]2C=C[C@@H]1O2.O=C(O)[C@@H]1[C@H](C(=O)O)[C@H]2C=C[C@@H]1O2.O=C(O)[C@@H]1[C@H](C(=O)O)[C@H]2C=C[C@@H]1O2.O=C(O)[C@@H]1[C@H](C(=O)O)[C@H]2C=C[C@@H]1O2. The molecule has 104 heavy (non-hydrogen) atoms. The largest absolute Gasteiger partial charge is 0.481 e. The molecule has 40 heteroatoms. The molecule has 0 aromatic heterocycles. The molecule has 0 spiro atoms. The molecule has 16 rings (SSSR count). The van der Waals surface area contributed by atoms with Crippen molar-refractivity contribution in [2.45, 2.75) is 97.7 Å². The van der Waals surface area contributed by atoms with Gasteiger partial charge in [0.25, 0.3) is 0 Å². The van der Waals surface area contributed by atoms with E-state index in [9.17, 15) is 76.7 Å². The number of carboxylic acid groups (broad SMARTS) is 16. The Kier molecular flexibility index (Phi) is 23.0. The van der Waals surface area contributed by atoms with E-state index in [2.05, 4.69) is 0 Å². The molecule has 8 saturated heterocycles. The van der Waals surface area contributed by atoms with E-state index in [4.69, 9.17) is 120 Å². The fourth-order valence-electron chi connectivity index (χ4n) is 15.2. The predicted molar refractivity (Wildman–Crippen MR) is 320 cm³/mol. The maximum absolute atomic E-state index is 10.7. The van der Waals surface area contributed by atoms with Crippen LogP contribution in [0.4, 0.5) is 0 Å². The number of hydrogen-bond acceptors (Lipinski definition) is 24. The summed E-state index contributed by atoms with van der Waals surface area (Å²) in [6.07, 6.45) is 16.8. The molecule has 0 radical (unpaired) electrons. The van der Waals surface area contributed by atoms with E-state index < -0.39 is 288 Å². The zero-order valence-electron chi connectivity index (χ0n) is 52.7. The lowest BCUT2D eigenvalue weighted by molar-refractivity contribution is -0.152. The minimum absolute atomic E-state index is 0.566. The average Bonchev–Trinajstić information content (AvgIpc) is 1.71. The maximum Gasteiger partial charge on any atom is 0.310 e. The van der Waals surface area contributed by atoms with Crippen LogP contribution in [-0.4, -0.2) is 275 Å². The Morgan fingerprint density at radius 1 is 0.125 bits per heavy atom. The topological polar surface area (TPSA) is 671 Å². The molecule has 0 aromatic carbocycles. The minimum atomic E-state index is -1.11. The molecule has 16 bridgehead atoms. The molecular weight excluding hydrogens is 1410 g/mol. The van der Waals surface area contributed by atoms with Crippen molar-refractivity contribution in [1.82, 2.24) is 0 Å². The van der Waals surface area contributed by atoms with Gasteiger partial charge in [0.2, 0.25) is 0 Å². The molecule has 0 saturated carbocycles. The van der Waals surface area contributed by atoms with Crippen LogP contribution in [0.15, 0.2) is 97.2 Å². The van der Waals surface area contributed by atoms with Crippen LogP contribution in [0.25, 0.3) is 0 Å². The standard InChI is InChI=1S/8C8H8O5/c8*9-7(10)5-3-1-2-4(13-3)6(5)8(11)12/h8*1-6H,(H,9,10)(H,11,12)/t8*3-,4+,5-,6+.